The number of allylic oxidation sites excluding steroid dienone is 16. The van der Waals surface area contributed by atoms with E-state index in [1.165, 1.54) is 173 Å². The van der Waals surface area contributed by atoms with Gasteiger partial charge >= 0.3 is 17.9 Å². The van der Waals surface area contributed by atoms with E-state index < -0.39 is 6.10 Å². The van der Waals surface area contributed by atoms with Gasteiger partial charge < -0.3 is 14.2 Å². The molecule has 6 heteroatoms. The molecule has 0 fully saturated rings. The van der Waals surface area contributed by atoms with E-state index in [2.05, 4.69) is 118 Å². The van der Waals surface area contributed by atoms with Gasteiger partial charge in [0.1, 0.15) is 13.2 Å². The van der Waals surface area contributed by atoms with E-state index in [1.807, 2.05) is 0 Å². The monoisotopic (exact) mass is 1080 g/mol. The first-order valence-corrected chi connectivity index (χ1v) is 33.2. The number of hydrogen-bond acceptors (Lipinski definition) is 6. The standard InChI is InChI=1S/C72H124O6/c1-4-7-10-13-16-19-22-25-28-30-32-34-35-36-37-39-40-42-44-47-50-53-56-59-62-65-71(74)77-68-69(67-76-70(73)64-61-58-55-52-49-46-27-24-21-18-15-12-9-6-3)78-72(75)66-63-60-57-54-51-48-45-43-41-38-33-31-29-26-23-20-17-14-11-8-5-2/h7,10,15-16,18-19,23-28,31-34,69H,4-6,8-9,11-14,17,20-22,29-30,35-68H2,1-3H3/b10-7-,18-15-,19-16-,26-23-,27-24-,28-25-,33-31-,34-32-. The maximum atomic E-state index is 12.9. The van der Waals surface area contributed by atoms with Crippen molar-refractivity contribution < 1.29 is 28.6 Å². The highest BCUT2D eigenvalue weighted by Gasteiger charge is 2.19. The molecule has 1 unspecified atom stereocenters. The van der Waals surface area contributed by atoms with Crippen molar-refractivity contribution in [3.63, 3.8) is 0 Å². The van der Waals surface area contributed by atoms with Crippen molar-refractivity contribution >= 4 is 17.9 Å². The van der Waals surface area contributed by atoms with Crippen LogP contribution in [0.5, 0.6) is 0 Å². The van der Waals surface area contributed by atoms with Gasteiger partial charge in [0.15, 0.2) is 6.10 Å². The van der Waals surface area contributed by atoms with Crippen molar-refractivity contribution in [3.05, 3.63) is 97.2 Å². The van der Waals surface area contributed by atoms with Crippen molar-refractivity contribution in [2.45, 2.75) is 329 Å². The van der Waals surface area contributed by atoms with Crippen LogP contribution >= 0.6 is 0 Å². The minimum atomic E-state index is -0.788. The van der Waals surface area contributed by atoms with Gasteiger partial charge in [-0.3, -0.25) is 14.4 Å². The molecule has 0 aromatic heterocycles. The molecule has 0 rings (SSSR count). The van der Waals surface area contributed by atoms with Gasteiger partial charge in [-0.25, -0.2) is 0 Å². The largest absolute Gasteiger partial charge is 0.462 e. The van der Waals surface area contributed by atoms with Crippen LogP contribution in [0.2, 0.25) is 0 Å². The zero-order valence-electron chi connectivity index (χ0n) is 51.4. The SMILES string of the molecule is CC/C=C\C/C=C\C/C=C\C/C=C\CCCCCCCCCCCCCCC(=O)OCC(COC(=O)CCCCCCC/C=C\C/C=C\CCCC)OC(=O)CCCCCCCCCCC/C=C\C/C=C\CCCCCCC. The van der Waals surface area contributed by atoms with Crippen LogP contribution in [0, 0.1) is 0 Å². The van der Waals surface area contributed by atoms with Gasteiger partial charge in [-0.15, -0.1) is 0 Å². The Morgan fingerprint density at radius 2 is 0.513 bits per heavy atom. The number of rotatable bonds is 60. The van der Waals surface area contributed by atoms with Gasteiger partial charge in [0.2, 0.25) is 0 Å². The van der Waals surface area contributed by atoms with E-state index >= 15 is 0 Å². The lowest BCUT2D eigenvalue weighted by molar-refractivity contribution is -0.167. The molecule has 0 aliphatic rings. The average molecular weight is 1090 g/mol. The number of carbonyl (C=O) groups is 3. The topological polar surface area (TPSA) is 78.9 Å². The smallest absolute Gasteiger partial charge is 0.306 e. The molecule has 0 heterocycles. The molecule has 0 aliphatic carbocycles. The van der Waals surface area contributed by atoms with Crippen LogP contribution < -0.4 is 0 Å². The molecule has 0 aliphatic heterocycles. The number of hydrogen-bond donors (Lipinski definition) is 0. The molecule has 0 aromatic carbocycles. The third kappa shape index (κ3) is 63.2. The summed E-state index contributed by atoms with van der Waals surface area (Å²) in [4.78, 5) is 38.4. The predicted octanol–water partition coefficient (Wildman–Crippen LogP) is 22.8. The summed E-state index contributed by atoms with van der Waals surface area (Å²) in [6.45, 7) is 6.49. The first-order chi connectivity index (χ1) is 38.5. The highest BCUT2D eigenvalue weighted by molar-refractivity contribution is 5.71. The summed E-state index contributed by atoms with van der Waals surface area (Å²) < 4.78 is 16.9. The molecule has 448 valence electrons. The van der Waals surface area contributed by atoms with Gasteiger partial charge in [-0.2, -0.15) is 0 Å². The molecule has 0 radical (unpaired) electrons. The van der Waals surface area contributed by atoms with Gasteiger partial charge in [0.05, 0.1) is 0 Å². The van der Waals surface area contributed by atoms with Crippen LogP contribution in [-0.2, 0) is 28.6 Å². The summed E-state index contributed by atoms with van der Waals surface area (Å²) >= 11 is 0. The molecule has 0 saturated heterocycles. The average Bonchev–Trinajstić information content (AvgIpc) is 3.44. The van der Waals surface area contributed by atoms with Crippen LogP contribution in [0.15, 0.2) is 97.2 Å². The number of unbranched alkanes of at least 4 members (excludes halogenated alkanes) is 33. The molecule has 0 bridgehead atoms. The summed E-state index contributed by atoms with van der Waals surface area (Å²) in [5.74, 6) is -0.892. The third-order valence-corrected chi connectivity index (χ3v) is 14.3. The second-order valence-corrected chi connectivity index (χ2v) is 22.0. The van der Waals surface area contributed by atoms with Gasteiger partial charge in [-0.1, -0.05) is 285 Å². The van der Waals surface area contributed by atoms with E-state index in [9.17, 15) is 14.4 Å². The number of carbonyl (C=O) groups excluding carboxylic acids is 3. The van der Waals surface area contributed by atoms with Crippen molar-refractivity contribution in [2.75, 3.05) is 13.2 Å². The predicted molar refractivity (Wildman–Crippen MR) is 339 cm³/mol. The summed E-state index contributed by atoms with van der Waals surface area (Å²) in [6, 6.07) is 0. The lowest BCUT2D eigenvalue weighted by Gasteiger charge is -2.18. The van der Waals surface area contributed by atoms with Crippen molar-refractivity contribution in [2.24, 2.45) is 0 Å². The number of ether oxygens (including phenoxy) is 3. The van der Waals surface area contributed by atoms with Gasteiger partial charge in [0.25, 0.3) is 0 Å². The molecule has 0 amide bonds. The third-order valence-electron chi connectivity index (χ3n) is 14.3. The van der Waals surface area contributed by atoms with Gasteiger partial charge in [0, 0.05) is 19.3 Å². The minimum Gasteiger partial charge on any atom is -0.462 e. The molecule has 78 heavy (non-hydrogen) atoms. The first kappa shape index (κ1) is 74.3. The Kier molecular flexibility index (Phi) is 62.7. The maximum Gasteiger partial charge on any atom is 0.306 e. The Morgan fingerprint density at radius 1 is 0.269 bits per heavy atom. The molecule has 0 spiro atoms. The van der Waals surface area contributed by atoms with Crippen molar-refractivity contribution in [1.29, 1.82) is 0 Å². The lowest BCUT2D eigenvalue weighted by atomic mass is 10.0. The molecule has 0 saturated carbocycles. The van der Waals surface area contributed by atoms with E-state index in [1.54, 1.807) is 0 Å². The fraction of sp³-hybridized carbons (Fsp3) is 0.736. The minimum absolute atomic E-state index is 0.0837. The lowest BCUT2D eigenvalue weighted by Crippen LogP contribution is -2.30. The Balaban J connectivity index is 4.34. The normalized spacial score (nSPS) is 12.7. The van der Waals surface area contributed by atoms with Crippen LogP contribution in [0.25, 0.3) is 0 Å². The molecule has 0 aromatic rings. The fourth-order valence-electron chi connectivity index (χ4n) is 9.31. The Hall–Kier alpha value is -3.67. The molecule has 0 N–H and O–H groups in total. The maximum absolute atomic E-state index is 12.9. The zero-order valence-corrected chi connectivity index (χ0v) is 51.4. The van der Waals surface area contributed by atoms with E-state index in [0.29, 0.717) is 19.3 Å². The Labute approximate surface area is 483 Å². The highest BCUT2D eigenvalue weighted by Crippen LogP contribution is 2.16. The number of esters is 3. The Morgan fingerprint density at radius 3 is 0.821 bits per heavy atom. The fourth-order valence-corrected chi connectivity index (χ4v) is 9.31. The second-order valence-electron chi connectivity index (χ2n) is 22.0. The summed E-state index contributed by atoms with van der Waals surface area (Å²) in [6.07, 6.45) is 88.4. The molecule has 1 atom stereocenters. The summed E-state index contributed by atoms with van der Waals surface area (Å²) in [5.41, 5.74) is 0. The first-order valence-electron chi connectivity index (χ1n) is 33.2. The molecule has 6 nitrogen and oxygen atoms in total. The highest BCUT2D eigenvalue weighted by atomic mass is 16.6. The van der Waals surface area contributed by atoms with Crippen LogP contribution in [0.4, 0.5) is 0 Å². The quantitative estimate of drug-likeness (QED) is 0.0261. The van der Waals surface area contributed by atoms with Crippen LogP contribution in [0.1, 0.15) is 323 Å². The summed E-state index contributed by atoms with van der Waals surface area (Å²) in [5, 5.41) is 0. The molecular formula is C72H124O6. The van der Waals surface area contributed by atoms with E-state index in [0.717, 1.165) is 109 Å². The molecular weight excluding hydrogens is 961 g/mol. The second kappa shape index (κ2) is 65.8. The van der Waals surface area contributed by atoms with E-state index in [-0.39, 0.29) is 31.1 Å². The zero-order chi connectivity index (χ0) is 56.4. The van der Waals surface area contributed by atoms with Crippen LogP contribution in [-0.4, -0.2) is 37.2 Å². The van der Waals surface area contributed by atoms with E-state index in [4.69, 9.17) is 14.2 Å². The van der Waals surface area contributed by atoms with Crippen LogP contribution in [0.3, 0.4) is 0 Å². The summed E-state index contributed by atoms with van der Waals surface area (Å²) in [7, 11) is 0. The van der Waals surface area contributed by atoms with Gasteiger partial charge in [-0.05, 0) is 116 Å². The Bertz CT molecular complexity index is 1530. The van der Waals surface area contributed by atoms with Crippen molar-refractivity contribution in [3.8, 4) is 0 Å². The van der Waals surface area contributed by atoms with Crippen molar-refractivity contribution in [1.82, 2.24) is 0 Å².